The SMILES string of the molecule is CC.CC(=N)N1CCC(Oc2ccc(C)c(N=C(C)C(C)C)c2)CC1.N=C(N)c1ccc2ccc(CN)cc2c1. The van der Waals surface area contributed by atoms with Gasteiger partial charge in [-0.15, -0.1) is 0 Å². The fourth-order valence-corrected chi connectivity index (χ4v) is 4.19. The average molecular weight is 545 g/mol. The van der Waals surface area contributed by atoms with Crippen LogP contribution < -0.4 is 16.2 Å². The van der Waals surface area contributed by atoms with E-state index in [0.717, 1.165) is 65.0 Å². The summed E-state index contributed by atoms with van der Waals surface area (Å²) in [4.78, 5) is 6.86. The zero-order valence-corrected chi connectivity index (χ0v) is 25.3. The molecule has 0 aromatic heterocycles. The lowest BCUT2D eigenvalue weighted by Gasteiger charge is -2.32. The normalized spacial score (nSPS) is 13.7. The number of hydrogen-bond donors (Lipinski definition) is 4. The number of benzene rings is 3. The molecule has 4 rings (SSSR count). The van der Waals surface area contributed by atoms with Gasteiger partial charge in [-0.2, -0.15) is 0 Å². The number of hydrogen-bond acceptors (Lipinski definition) is 5. The molecule has 0 radical (unpaired) electrons. The molecule has 40 heavy (non-hydrogen) atoms. The van der Waals surface area contributed by atoms with Crippen LogP contribution in [0.5, 0.6) is 5.75 Å². The molecule has 1 heterocycles. The summed E-state index contributed by atoms with van der Waals surface area (Å²) in [5, 5.41) is 17.3. The van der Waals surface area contributed by atoms with Gasteiger partial charge < -0.3 is 21.1 Å². The van der Waals surface area contributed by atoms with Gasteiger partial charge in [-0.3, -0.25) is 15.8 Å². The zero-order chi connectivity index (χ0) is 29.8. The Bertz CT molecular complexity index is 1310. The van der Waals surface area contributed by atoms with Crippen LogP contribution in [-0.2, 0) is 6.54 Å². The van der Waals surface area contributed by atoms with Crippen molar-refractivity contribution in [3.05, 3.63) is 71.3 Å². The van der Waals surface area contributed by atoms with Crippen molar-refractivity contribution in [2.45, 2.75) is 74.0 Å². The summed E-state index contributed by atoms with van der Waals surface area (Å²) in [7, 11) is 0. The molecule has 1 aliphatic heterocycles. The van der Waals surface area contributed by atoms with Crippen LogP contribution in [0.25, 0.3) is 10.8 Å². The minimum atomic E-state index is 0.0926. The molecule has 7 nitrogen and oxygen atoms in total. The minimum absolute atomic E-state index is 0.0926. The third kappa shape index (κ3) is 9.49. The lowest BCUT2D eigenvalue weighted by atomic mass is 10.0. The zero-order valence-electron chi connectivity index (χ0n) is 25.3. The molecule has 0 bridgehead atoms. The highest BCUT2D eigenvalue weighted by Crippen LogP contribution is 2.28. The van der Waals surface area contributed by atoms with E-state index in [-0.39, 0.29) is 11.9 Å². The number of nitrogens with zero attached hydrogens (tertiary/aromatic N) is 2. The Labute approximate surface area is 240 Å². The van der Waals surface area contributed by atoms with E-state index in [1.807, 2.05) is 63.2 Å². The fourth-order valence-electron chi connectivity index (χ4n) is 4.19. The molecular weight excluding hydrogens is 496 g/mol. The van der Waals surface area contributed by atoms with Crippen LogP contribution in [0.1, 0.15) is 71.1 Å². The van der Waals surface area contributed by atoms with Gasteiger partial charge in [-0.1, -0.05) is 58.0 Å². The molecule has 0 amide bonds. The van der Waals surface area contributed by atoms with Crippen molar-refractivity contribution in [1.29, 1.82) is 10.8 Å². The standard InChI is InChI=1S/C19H29N3O.C12H13N3.C2H6/c1-13(2)15(4)21-19-12-18(7-6-14(19)3)23-17-8-10-22(11-9-17)16(5)20;13-7-8-1-2-9-3-4-10(12(14)15)6-11(9)5-8;1-2/h6-7,12-13,17,20H,8-11H2,1-5H3;1-6H,7,13H2,(H3,14,15);1-2H3. The first-order valence-corrected chi connectivity index (χ1v) is 14.3. The largest absolute Gasteiger partial charge is 0.490 e. The van der Waals surface area contributed by atoms with E-state index < -0.39 is 0 Å². The number of nitrogens with one attached hydrogen (secondary N) is 2. The maximum atomic E-state index is 7.70. The summed E-state index contributed by atoms with van der Waals surface area (Å²) in [6.45, 7) is 16.7. The van der Waals surface area contributed by atoms with Gasteiger partial charge in [0.1, 0.15) is 17.7 Å². The van der Waals surface area contributed by atoms with Crippen molar-refractivity contribution in [2.75, 3.05) is 13.1 Å². The first kappa shape index (κ1) is 32.5. The number of ether oxygens (including phenoxy) is 1. The smallest absolute Gasteiger partial charge is 0.122 e. The van der Waals surface area contributed by atoms with E-state index in [4.69, 9.17) is 32.0 Å². The molecule has 1 aliphatic rings. The Morgan fingerprint density at radius 3 is 2.20 bits per heavy atom. The van der Waals surface area contributed by atoms with Gasteiger partial charge in [-0.05, 0) is 66.8 Å². The van der Waals surface area contributed by atoms with Gasteiger partial charge in [0.15, 0.2) is 0 Å². The predicted molar refractivity (Wildman–Crippen MR) is 172 cm³/mol. The van der Waals surface area contributed by atoms with Gasteiger partial charge in [0, 0.05) is 49.8 Å². The third-order valence-electron chi connectivity index (χ3n) is 6.98. The lowest BCUT2D eigenvalue weighted by molar-refractivity contribution is 0.130. The van der Waals surface area contributed by atoms with Crippen molar-refractivity contribution in [3.63, 3.8) is 0 Å². The lowest BCUT2D eigenvalue weighted by Crippen LogP contribution is -2.40. The van der Waals surface area contributed by atoms with Crippen molar-refractivity contribution in [2.24, 2.45) is 22.4 Å². The number of fused-ring (bicyclic) bond motifs is 1. The van der Waals surface area contributed by atoms with E-state index >= 15 is 0 Å². The first-order valence-electron chi connectivity index (χ1n) is 14.3. The fraction of sp³-hybridized carbons (Fsp3) is 0.424. The second-order valence-corrected chi connectivity index (χ2v) is 10.3. The second kappa shape index (κ2) is 15.8. The Morgan fingerprint density at radius 2 is 1.62 bits per heavy atom. The molecule has 0 atom stereocenters. The average Bonchev–Trinajstić information content (AvgIpc) is 2.95. The highest BCUT2D eigenvalue weighted by Gasteiger charge is 2.21. The van der Waals surface area contributed by atoms with Crippen LogP contribution >= 0.6 is 0 Å². The van der Waals surface area contributed by atoms with Crippen LogP contribution in [-0.4, -0.2) is 41.5 Å². The number of aliphatic imine (C=N–C) groups is 1. The minimum Gasteiger partial charge on any atom is -0.490 e. The van der Waals surface area contributed by atoms with Crippen LogP contribution in [0.4, 0.5) is 5.69 Å². The molecular formula is C33H48N6O. The summed E-state index contributed by atoms with van der Waals surface area (Å²) in [6.07, 6.45) is 2.16. The highest BCUT2D eigenvalue weighted by atomic mass is 16.5. The summed E-state index contributed by atoms with van der Waals surface area (Å²) in [5.41, 5.74) is 16.2. The summed E-state index contributed by atoms with van der Waals surface area (Å²) in [5.74, 6) is 2.10. The Morgan fingerprint density at radius 1 is 0.975 bits per heavy atom. The second-order valence-electron chi connectivity index (χ2n) is 10.3. The molecule has 7 heteroatoms. The van der Waals surface area contributed by atoms with Gasteiger partial charge in [0.25, 0.3) is 0 Å². The summed E-state index contributed by atoms with van der Waals surface area (Å²) >= 11 is 0. The molecule has 1 fully saturated rings. The van der Waals surface area contributed by atoms with Crippen molar-refractivity contribution in [3.8, 4) is 5.75 Å². The number of nitrogens with two attached hydrogens (primary N) is 2. The maximum Gasteiger partial charge on any atom is 0.122 e. The highest BCUT2D eigenvalue weighted by molar-refractivity contribution is 5.99. The topological polar surface area (TPSA) is 125 Å². The summed E-state index contributed by atoms with van der Waals surface area (Å²) in [6, 6.07) is 18.0. The molecule has 0 saturated carbocycles. The molecule has 216 valence electrons. The van der Waals surface area contributed by atoms with Crippen molar-refractivity contribution >= 4 is 33.8 Å². The molecule has 0 unspecified atom stereocenters. The van der Waals surface area contributed by atoms with E-state index in [9.17, 15) is 0 Å². The van der Waals surface area contributed by atoms with Gasteiger partial charge in [0.2, 0.25) is 0 Å². The monoisotopic (exact) mass is 544 g/mol. The number of likely N-dealkylation sites (tertiary alicyclic amines) is 1. The number of piperidine rings is 1. The third-order valence-corrected chi connectivity index (χ3v) is 6.98. The molecule has 6 N–H and O–H groups in total. The quantitative estimate of drug-likeness (QED) is 0.193. The molecule has 1 saturated heterocycles. The van der Waals surface area contributed by atoms with Crippen LogP contribution in [0.2, 0.25) is 0 Å². The van der Waals surface area contributed by atoms with Crippen LogP contribution in [0.15, 0.2) is 59.6 Å². The number of aryl methyl sites for hydroxylation is 1. The molecule has 3 aromatic carbocycles. The van der Waals surface area contributed by atoms with Crippen molar-refractivity contribution in [1.82, 2.24) is 4.90 Å². The van der Waals surface area contributed by atoms with Gasteiger partial charge >= 0.3 is 0 Å². The Balaban J connectivity index is 0.000000284. The Hall–Kier alpha value is -3.71. The van der Waals surface area contributed by atoms with Gasteiger partial charge in [0.05, 0.1) is 11.5 Å². The van der Waals surface area contributed by atoms with Crippen LogP contribution in [0, 0.1) is 23.7 Å². The Kier molecular flexibility index (Phi) is 12.8. The van der Waals surface area contributed by atoms with E-state index in [1.165, 1.54) is 5.56 Å². The molecule has 3 aromatic rings. The maximum absolute atomic E-state index is 7.70. The summed E-state index contributed by atoms with van der Waals surface area (Å²) < 4.78 is 6.15. The van der Waals surface area contributed by atoms with Gasteiger partial charge in [-0.25, -0.2) is 0 Å². The molecule has 0 spiro atoms. The van der Waals surface area contributed by atoms with E-state index in [2.05, 4.69) is 44.7 Å². The number of nitrogen functional groups attached to an aromatic ring is 1. The number of amidine groups is 2. The number of rotatable bonds is 6. The predicted octanol–water partition coefficient (Wildman–Crippen LogP) is 7.19. The van der Waals surface area contributed by atoms with Crippen LogP contribution in [0.3, 0.4) is 0 Å². The van der Waals surface area contributed by atoms with E-state index in [0.29, 0.717) is 18.3 Å². The van der Waals surface area contributed by atoms with E-state index in [1.54, 1.807) is 0 Å². The first-order chi connectivity index (χ1) is 19.1. The molecule has 0 aliphatic carbocycles. The van der Waals surface area contributed by atoms with Crippen molar-refractivity contribution < 1.29 is 4.74 Å².